The molecule has 6 N–H and O–H groups in total. The van der Waals surface area contributed by atoms with E-state index in [9.17, 15) is 39.6 Å². The van der Waals surface area contributed by atoms with Crippen molar-refractivity contribution in [3.05, 3.63) is 6.20 Å². The van der Waals surface area contributed by atoms with Crippen molar-refractivity contribution in [3.8, 4) is 0 Å². The largest absolute Gasteiger partial charge is 0.462 e. The summed E-state index contributed by atoms with van der Waals surface area (Å²) in [5, 5.41) is 54.5. The van der Waals surface area contributed by atoms with Gasteiger partial charge in [0.15, 0.2) is 12.0 Å². The predicted molar refractivity (Wildman–Crippen MR) is 319 cm³/mol. The summed E-state index contributed by atoms with van der Waals surface area (Å²) >= 11 is 1.29. The van der Waals surface area contributed by atoms with Crippen molar-refractivity contribution in [2.24, 2.45) is 0 Å². The lowest BCUT2D eigenvalue weighted by atomic mass is 9.98. The molecule has 0 bridgehead atoms. The number of amides is 2. The van der Waals surface area contributed by atoms with Crippen LogP contribution in [0.3, 0.4) is 0 Å². The van der Waals surface area contributed by atoms with Crippen LogP contribution in [-0.2, 0) is 33.4 Å². The second-order valence-corrected chi connectivity index (χ2v) is 23.8. The second-order valence-electron chi connectivity index (χ2n) is 22.7. The molecule has 0 spiro atoms. The third kappa shape index (κ3) is 37.1. The molecule has 7 atom stereocenters. The van der Waals surface area contributed by atoms with Crippen LogP contribution in [0, 0.1) is 0 Å². The molecular weight excluding hydrogens is 1020 g/mol. The van der Waals surface area contributed by atoms with E-state index in [1.54, 1.807) is 0 Å². The Morgan fingerprint density at radius 1 is 0.557 bits per heavy atom. The quantitative estimate of drug-likeness (QED) is 0.0263. The van der Waals surface area contributed by atoms with E-state index >= 15 is 0 Å². The Hall–Kier alpha value is -2.83. The summed E-state index contributed by atoms with van der Waals surface area (Å²) in [6, 6.07) is -1.04. The average molecular weight is 1140 g/mol. The van der Waals surface area contributed by atoms with Gasteiger partial charge in [-0.25, -0.2) is 4.68 Å². The highest BCUT2D eigenvalue weighted by Crippen LogP contribution is 2.28. The molecule has 1 aliphatic rings. The van der Waals surface area contributed by atoms with Crippen molar-refractivity contribution in [1.29, 1.82) is 0 Å². The minimum Gasteiger partial charge on any atom is -0.462 e. The van der Waals surface area contributed by atoms with E-state index in [-0.39, 0.29) is 54.6 Å². The fraction of sp³-hybridized carbons (Fsp3) is 0.903. The molecule has 16 nitrogen and oxygen atoms in total. The summed E-state index contributed by atoms with van der Waals surface area (Å²) < 4.78 is 18.3. The molecule has 1 fully saturated rings. The highest BCUT2D eigenvalue weighted by molar-refractivity contribution is 7.99. The third-order valence-corrected chi connectivity index (χ3v) is 16.5. The van der Waals surface area contributed by atoms with Crippen molar-refractivity contribution < 1.29 is 53.8 Å². The van der Waals surface area contributed by atoms with Gasteiger partial charge >= 0.3 is 11.9 Å². The molecule has 1 saturated heterocycles. The highest BCUT2D eigenvalue weighted by atomic mass is 32.2. The van der Waals surface area contributed by atoms with Crippen LogP contribution < -0.4 is 10.6 Å². The number of hydrogen-bond donors (Lipinski definition) is 6. The number of anilines is 1. The number of aliphatic hydroxyl groups excluding tert-OH is 4. The van der Waals surface area contributed by atoms with Crippen LogP contribution in [0.5, 0.6) is 0 Å². The van der Waals surface area contributed by atoms with Gasteiger partial charge in [0.05, 0.1) is 12.8 Å². The summed E-state index contributed by atoms with van der Waals surface area (Å²) in [7, 11) is 0. The fourth-order valence-electron chi connectivity index (χ4n) is 10.2. The van der Waals surface area contributed by atoms with Crippen LogP contribution in [0.25, 0.3) is 0 Å². The first kappa shape index (κ1) is 72.3. The first-order chi connectivity index (χ1) is 38.5. The SMILES string of the molecule is CCCCCCCCCCCCCCCC(=O)N[C@H](CSC[C@@H](COC(=O)CCCCCCCCCCCCCCC)OC(=O)CCCCCCCCCCCCCCC)C(=O)Nc1cn([C@@H]2OC(CO)C(O)C(O)C2O)nn1. The molecule has 0 radical (unpaired) electrons. The Labute approximate surface area is 483 Å². The van der Waals surface area contributed by atoms with E-state index in [0.717, 1.165) is 62.5 Å². The molecule has 2 heterocycles. The summed E-state index contributed by atoms with van der Waals surface area (Å²) in [6.45, 7) is 6.00. The van der Waals surface area contributed by atoms with E-state index in [0.29, 0.717) is 19.3 Å². The normalized spacial score (nSPS) is 18.1. The number of hydrogen-bond acceptors (Lipinski definition) is 14. The lowest BCUT2D eigenvalue weighted by Gasteiger charge is -2.39. The Balaban J connectivity index is 2.00. The summed E-state index contributed by atoms with van der Waals surface area (Å²) in [4.78, 5) is 53.6. The van der Waals surface area contributed by atoms with E-state index in [4.69, 9.17) is 14.2 Å². The first-order valence-corrected chi connectivity index (χ1v) is 33.4. The summed E-state index contributed by atoms with van der Waals surface area (Å²) in [6.07, 6.45) is 40.6. The van der Waals surface area contributed by atoms with Crippen LogP contribution in [0.15, 0.2) is 6.20 Å². The Morgan fingerprint density at radius 3 is 1.39 bits per heavy atom. The zero-order chi connectivity index (χ0) is 57.4. The number of ether oxygens (including phenoxy) is 3. The number of unbranched alkanes of at least 4 members (excludes halogenated alkanes) is 36. The standard InChI is InChI=1S/C62H115N5O11S/c1-4-7-10-13-16-19-22-25-28-31-34-37-40-43-55(69)63-52(61(75)64-54-46-67(66-65-54)62-60(74)59(73)58(72)53(47-68)78-62)50-79-49-51(77-57(71)45-42-39-36-33-30-27-24-21-18-15-12-9-6-3)48-76-56(70)44-41-38-35-32-29-26-23-20-17-14-11-8-5-2/h46,51-53,58-60,62,68,72-74H,4-45,47-50H2,1-3H3,(H,63,69)(H,64,75)/t51-,52-,53?,58?,59?,60?,62-/m1/s1. The van der Waals surface area contributed by atoms with E-state index < -0.39 is 55.3 Å². The third-order valence-electron chi connectivity index (χ3n) is 15.3. The van der Waals surface area contributed by atoms with Crippen molar-refractivity contribution >= 4 is 41.3 Å². The average Bonchev–Trinajstić information content (AvgIpc) is 4.00. The molecule has 2 amide bonds. The number of aromatic nitrogens is 3. The van der Waals surface area contributed by atoms with Gasteiger partial charge in [-0.05, 0) is 19.3 Å². The van der Waals surface area contributed by atoms with Gasteiger partial charge in [-0.2, -0.15) is 11.8 Å². The predicted octanol–water partition coefficient (Wildman–Crippen LogP) is 13.3. The number of aliphatic hydroxyl groups is 4. The maximum Gasteiger partial charge on any atom is 0.306 e. The van der Waals surface area contributed by atoms with Crippen LogP contribution in [0.4, 0.5) is 5.82 Å². The number of thioether (sulfide) groups is 1. The lowest BCUT2D eigenvalue weighted by Crippen LogP contribution is -2.56. The zero-order valence-electron chi connectivity index (χ0n) is 50.0. The Morgan fingerprint density at radius 2 is 0.962 bits per heavy atom. The van der Waals surface area contributed by atoms with Crippen LogP contribution in [0.2, 0.25) is 0 Å². The maximum absolute atomic E-state index is 14.0. The fourth-order valence-corrected chi connectivity index (χ4v) is 11.3. The minimum absolute atomic E-state index is 0.0296. The number of carbonyl (C=O) groups excluding carboxylic acids is 4. The van der Waals surface area contributed by atoms with Gasteiger partial charge in [-0.15, -0.1) is 5.10 Å². The monoisotopic (exact) mass is 1140 g/mol. The highest BCUT2D eigenvalue weighted by Gasteiger charge is 2.45. The lowest BCUT2D eigenvalue weighted by molar-refractivity contribution is -0.254. The van der Waals surface area contributed by atoms with Crippen molar-refractivity contribution in [2.45, 2.75) is 333 Å². The number of nitrogens with one attached hydrogen (secondary N) is 2. The minimum atomic E-state index is -1.64. The van der Waals surface area contributed by atoms with Gasteiger partial charge in [0.2, 0.25) is 11.8 Å². The Bertz CT molecular complexity index is 1640. The van der Waals surface area contributed by atoms with Gasteiger partial charge in [0.1, 0.15) is 43.2 Å². The number of carbonyl (C=O) groups is 4. The molecule has 4 unspecified atom stereocenters. The van der Waals surface area contributed by atoms with Crippen LogP contribution in [-0.4, -0.2) is 120 Å². The molecule has 79 heavy (non-hydrogen) atoms. The van der Waals surface area contributed by atoms with Crippen molar-refractivity contribution in [2.75, 3.05) is 30.0 Å². The molecule has 0 saturated carbocycles. The van der Waals surface area contributed by atoms with E-state index in [1.807, 2.05) is 0 Å². The molecule has 2 rings (SSSR count). The molecule has 1 aliphatic heterocycles. The molecule has 1 aromatic heterocycles. The van der Waals surface area contributed by atoms with Gasteiger partial charge in [0.25, 0.3) is 0 Å². The molecule has 460 valence electrons. The van der Waals surface area contributed by atoms with Gasteiger partial charge in [0, 0.05) is 30.8 Å². The van der Waals surface area contributed by atoms with Crippen molar-refractivity contribution in [1.82, 2.24) is 20.3 Å². The molecule has 1 aromatic rings. The maximum atomic E-state index is 14.0. The molecule has 17 heteroatoms. The summed E-state index contributed by atoms with van der Waals surface area (Å²) in [5.41, 5.74) is 0. The second kappa shape index (κ2) is 49.8. The van der Waals surface area contributed by atoms with Crippen LogP contribution in [0.1, 0.15) is 297 Å². The smallest absolute Gasteiger partial charge is 0.306 e. The summed E-state index contributed by atoms with van der Waals surface area (Å²) in [5.74, 6) is -1.29. The van der Waals surface area contributed by atoms with E-state index in [2.05, 4.69) is 41.7 Å². The Kier molecular flexibility index (Phi) is 45.5. The number of esters is 2. The number of rotatable bonds is 54. The van der Waals surface area contributed by atoms with Crippen LogP contribution >= 0.6 is 11.8 Å². The van der Waals surface area contributed by atoms with Gasteiger partial charge in [-0.1, -0.05) is 257 Å². The topological polar surface area (TPSA) is 232 Å². The van der Waals surface area contributed by atoms with Crippen molar-refractivity contribution in [3.63, 3.8) is 0 Å². The van der Waals surface area contributed by atoms with Gasteiger partial charge in [-0.3, -0.25) is 19.2 Å². The first-order valence-electron chi connectivity index (χ1n) is 32.3. The molecule has 0 aromatic carbocycles. The van der Waals surface area contributed by atoms with E-state index in [1.165, 1.54) is 198 Å². The van der Waals surface area contributed by atoms with Gasteiger partial charge < -0.3 is 45.3 Å². The number of nitrogens with zero attached hydrogens (tertiary/aromatic N) is 3. The molecule has 0 aliphatic carbocycles. The zero-order valence-corrected chi connectivity index (χ0v) is 50.9. The molecular formula is C62H115N5O11S.